The van der Waals surface area contributed by atoms with E-state index < -0.39 is 0 Å². The van der Waals surface area contributed by atoms with Crippen molar-refractivity contribution in [2.24, 2.45) is 11.7 Å². The Kier molecular flexibility index (Phi) is 4.04. The van der Waals surface area contributed by atoms with Gasteiger partial charge in [0.2, 0.25) is 0 Å². The van der Waals surface area contributed by atoms with Crippen molar-refractivity contribution < 1.29 is 4.74 Å². The Balaban J connectivity index is 2.61. The van der Waals surface area contributed by atoms with E-state index in [9.17, 15) is 0 Å². The molecule has 1 rings (SSSR count). The highest BCUT2D eigenvalue weighted by molar-refractivity contribution is 4.90. The van der Waals surface area contributed by atoms with E-state index in [-0.39, 0.29) is 17.2 Å². The van der Waals surface area contributed by atoms with Crippen LogP contribution < -0.4 is 5.73 Å². The lowest BCUT2D eigenvalue weighted by molar-refractivity contribution is -0.181. The van der Waals surface area contributed by atoms with Crippen LogP contribution in [-0.2, 0) is 4.74 Å². The molecular formula is C13H28N2O. The molecule has 1 aliphatic heterocycles. The minimum Gasteiger partial charge on any atom is -0.367 e. The van der Waals surface area contributed by atoms with Gasteiger partial charge in [0.05, 0.1) is 11.2 Å². The molecule has 0 aromatic rings. The quantitative estimate of drug-likeness (QED) is 0.801. The summed E-state index contributed by atoms with van der Waals surface area (Å²) in [4.78, 5) is 2.44. The molecule has 0 amide bonds. The lowest BCUT2D eigenvalue weighted by Gasteiger charge is -2.48. The van der Waals surface area contributed by atoms with Gasteiger partial charge in [0.15, 0.2) is 0 Å². The molecule has 1 fully saturated rings. The fourth-order valence-corrected chi connectivity index (χ4v) is 2.58. The topological polar surface area (TPSA) is 38.5 Å². The molecule has 1 aliphatic rings. The SMILES string of the molecule is CC(C)C(N)CN1CC(C)(C)OC(C)(C)C1. The molecule has 1 saturated heterocycles. The van der Waals surface area contributed by atoms with Gasteiger partial charge in [0.25, 0.3) is 0 Å². The first-order chi connectivity index (χ1) is 7.11. The van der Waals surface area contributed by atoms with Crippen LogP contribution in [0.4, 0.5) is 0 Å². The predicted octanol–water partition coefficient (Wildman–Crippen LogP) is 1.86. The van der Waals surface area contributed by atoms with Crippen LogP contribution in [0.3, 0.4) is 0 Å². The first-order valence-electron chi connectivity index (χ1n) is 6.29. The van der Waals surface area contributed by atoms with Gasteiger partial charge in [-0.15, -0.1) is 0 Å². The monoisotopic (exact) mass is 228 g/mol. The van der Waals surface area contributed by atoms with Gasteiger partial charge in [0.1, 0.15) is 0 Å². The van der Waals surface area contributed by atoms with Crippen molar-refractivity contribution in [2.45, 2.75) is 58.8 Å². The van der Waals surface area contributed by atoms with Crippen LogP contribution in [0.25, 0.3) is 0 Å². The van der Waals surface area contributed by atoms with Crippen LogP contribution in [-0.4, -0.2) is 41.8 Å². The van der Waals surface area contributed by atoms with Gasteiger partial charge in [-0.3, -0.25) is 4.90 Å². The van der Waals surface area contributed by atoms with Crippen molar-refractivity contribution >= 4 is 0 Å². The summed E-state index contributed by atoms with van der Waals surface area (Å²) in [6.07, 6.45) is 0. The number of rotatable bonds is 3. The second-order valence-corrected chi connectivity index (χ2v) is 6.70. The zero-order chi connectivity index (χ0) is 12.6. The normalized spacial score (nSPS) is 27.0. The van der Waals surface area contributed by atoms with E-state index in [1.165, 1.54) is 0 Å². The van der Waals surface area contributed by atoms with Crippen molar-refractivity contribution in [3.8, 4) is 0 Å². The fourth-order valence-electron chi connectivity index (χ4n) is 2.58. The Morgan fingerprint density at radius 1 is 1.12 bits per heavy atom. The van der Waals surface area contributed by atoms with E-state index in [4.69, 9.17) is 10.5 Å². The van der Waals surface area contributed by atoms with Crippen LogP contribution in [0.5, 0.6) is 0 Å². The van der Waals surface area contributed by atoms with Crippen molar-refractivity contribution in [1.82, 2.24) is 4.90 Å². The number of hydrogen-bond acceptors (Lipinski definition) is 3. The van der Waals surface area contributed by atoms with Crippen LogP contribution in [0, 0.1) is 5.92 Å². The lowest BCUT2D eigenvalue weighted by atomic mass is 9.97. The second kappa shape index (κ2) is 4.63. The average Bonchev–Trinajstić information content (AvgIpc) is 1.96. The maximum Gasteiger partial charge on any atom is 0.0760 e. The largest absolute Gasteiger partial charge is 0.367 e. The van der Waals surface area contributed by atoms with E-state index in [2.05, 4.69) is 46.4 Å². The third-order valence-corrected chi connectivity index (χ3v) is 3.09. The Hall–Kier alpha value is -0.120. The smallest absolute Gasteiger partial charge is 0.0760 e. The van der Waals surface area contributed by atoms with Gasteiger partial charge in [-0.2, -0.15) is 0 Å². The zero-order valence-electron chi connectivity index (χ0n) is 11.7. The molecule has 1 heterocycles. The molecule has 3 heteroatoms. The minimum atomic E-state index is -0.0710. The molecule has 1 atom stereocenters. The summed E-state index contributed by atoms with van der Waals surface area (Å²) in [7, 11) is 0. The van der Waals surface area contributed by atoms with Gasteiger partial charge in [0, 0.05) is 25.7 Å². The van der Waals surface area contributed by atoms with E-state index in [0.717, 1.165) is 19.6 Å². The molecule has 0 aromatic heterocycles. The maximum absolute atomic E-state index is 6.14. The molecule has 0 aromatic carbocycles. The van der Waals surface area contributed by atoms with E-state index in [0.29, 0.717) is 5.92 Å². The molecule has 0 saturated carbocycles. The van der Waals surface area contributed by atoms with Gasteiger partial charge in [-0.05, 0) is 33.6 Å². The minimum absolute atomic E-state index is 0.0710. The molecular weight excluding hydrogens is 200 g/mol. The Morgan fingerprint density at radius 3 is 1.94 bits per heavy atom. The maximum atomic E-state index is 6.14. The number of nitrogens with zero attached hydrogens (tertiary/aromatic N) is 1. The first-order valence-corrected chi connectivity index (χ1v) is 6.29. The van der Waals surface area contributed by atoms with Crippen LogP contribution >= 0.6 is 0 Å². The van der Waals surface area contributed by atoms with Gasteiger partial charge in [-0.25, -0.2) is 0 Å². The summed E-state index contributed by atoms with van der Waals surface area (Å²) in [6.45, 7) is 15.9. The van der Waals surface area contributed by atoms with E-state index in [1.54, 1.807) is 0 Å². The average molecular weight is 228 g/mol. The summed E-state index contributed by atoms with van der Waals surface area (Å²) in [6, 6.07) is 0.254. The summed E-state index contributed by atoms with van der Waals surface area (Å²) >= 11 is 0. The van der Waals surface area contributed by atoms with Crippen molar-refractivity contribution in [1.29, 1.82) is 0 Å². The molecule has 0 aliphatic carbocycles. The molecule has 0 bridgehead atoms. The molecule has 0 spiro atoms. The van der Waals surface area contributed by atoms with E-state index >= 15 is 0 Å². The number of nitrogens with two attached hydrogens (primary N) is 1. The third kappa shape index (κ3) is 4.04. The summed E-state index contributed by atoms with van der Waals surface area (Å²) in [5.74, 6) is 0.536. The highest BCUT2D eigenvalue weighted by Gasteiger charge is 2.38. The van der Waals surface area contributed by atoms with E-state index in [1.807, 2.05) is 0 Å². The van der Waals surface area contributed by atoms with Crippen LogP contribution in [0.15, 0.2) is 0 Å². The first kappa shape index (κ1) is 13.9. The predicted molar refractivity (Wildman–Crippen MR) is 68.5 cm³/mol. The molecule has 2 N–H and O–H groups in total. The van der Waals surface area contributed by atoms with Crippen molar-refractivity contribution in [2.75, 3.05) is 19.6 Å². The van der Waals surface area contributed by atoms with Gasteiger partial charge in [-0.1, -0.05) is 13.8 Å². The van der Waals surface area contributed by atoms with Crippen molar-refractivity contribution in [3.63, 3.8) is 0 Å². The van der Waals surface area contributed by atoms with Crippen LogP contribution in [0.1, 0.15) is 41.5 Å². The molecule has 0 radical (unpaired) electrons. The molecule has 3 nitrogen and oxygen atoms in total. The van der Waals surface area contributed by atoms with Crippen molar-refractivity contribution in [3.05, 3.63) is 0 Å². The summed E-state index contributed by atoms with van der Waals surface area (Å²) < 4.78 is 6.05. The van der Waals surface area contributed by atoms with Crippen LogP contribution in [0.2, 0.25) is 0 Å². The zero-order valence-corrected chi connectivity index (χ0v) is 11.7. The summed E-state index contributed by atoms with van der Waals surface area (Å²) in [5, 5.41) is 0. The van der Waals surface area contributed by atoms with Gasteiger partial charge >= 0.3 is 0 Å². The molecule has 1 unspecified atom stereocenters. The summed E-state index contributed by atoms with van der Waals surface area (Å²) in [5.41, 5.74) is 6.00. The Labute approximate surface area is 100 Å². The second-order valence-electron chi connectivity index (χ2n) is 6.70. The Morgan fingerprint density at radius 2 is 1.56 bits per heavy atom. The third-order valence-electron chi connectivity index (χ3n) is 3.09. The number of morpholine rings is 1. The lowest BCUT2D eigenvalue weighted by Crippen LogP contribution is -2.59. The highest BCUT2D eigenvalue weighted by Crippen LogP contribution is 2.28. The van der Waals surface area contributed by atoms with Gasteiger partial charge < -0.3 is 10.5 Å². The molecule has 16 heavy (non-hydrogen) atoms. The standard InChI is InChI=1S/C13H28N2O/c1-10(2)11(14)7-15-8-12(3,4)16-13(5,6)9-15/h10-11H,7-9,14H2,1-6H3. The fraction of sp³-hybridized carbons (Fsp3) is 1.00. The Bertz CT molecular complexity index is 220. The highest BCUT2D eigenvalue weighted by atomic mass is 16.5. The number of ether oxygens (including phenoxy) is 1. The molecule has 96 valence electrons. The number of hydrogen-bond donors (Lipinski definition) is 1.